The van der Waals surface area contributed by atoms with Crippen molar-refractivity contribution in [2.45, 2.75) is 6.92 Å². The molecule has 2 aromatic rings. The first kappa shape index (κ1) is 19.2. The van der Waals surface area contributed by atoms with Crippen LogP contribution in [0.3, 0.4) is 0 Å². The average molecular weight is 379 g/mol. The maximum atomic E-state index is 11.8. The molecule has 0 bridgehead atoms. The largest absolute Gasteiger partial charge is 0.482 e. The highest BCUT2D eigenvalue weighted by molar-refractivity contribution is 6.30. The van der Waals surface area contributed by atoms with Gasteiger partial charge in [-0.2, -0.15) is 0 Å². The smallest absolute Gasteiger partial charge is 0.344 e. The number of hydrogen-bond donors (Lipinski definition) is 1. The van der Waals surface area contributed by atoms with Gasteiger partial charge in [0.15, 0.2) is 13.2 Å². The van der Waals surface area contributed by atoms with E-state index in [1.807, 2.05) is 0 Å². The van der Waals surface area contributed by atoms with Crippen LogP contribution in [-0.2, 0) is 14.3 Å². The molecular weight excluding hydrogens is 364 g/mol. The second-order valence-electron chi connectivity index (χ2n) is 5.18. The van der Waals surface area contributed by atoms with E-state index in [1.165, 1.54) is 24.3 Å². The van der Waals surface area contributed by atoms with Crippen LogP contribution >= 0.6 is 11.6 Å². The average Bonchev–Trinajstić information content (AvgIpc) is 2.59. The van der Waals surface area contributed by atoms with E-state index in [0.29, 0.717) is 10.8 Å². The van der Waals surface area contributed by atoms with Gasteiger partial charge in [0.1, 0.15) is 11.4 Å². The Bertz CT molecular complexity index is 840. The molecule has 1 amide bonds. The fraction of sp³-hybridized carbons (Fsp3) is 0.176. The Morgan fingerprint density at radius 2 is 1.92 bits per heavy atom. The molecule has 1 N–H and O–H groups in total. The van der Waals surface area contributed by atoms with Crippen molar-refractivity contribution in [2.24, 2.45) is 0 Å². The van der Waals surface area contributed by atoms with Gasteiger partial charge >= 0.3 is 5.97 Å². The first-order valence-electron chi connectivity index (χ1n) is 7.44. The number of para-hydroxylation sites is 2. The lowest BCUT2D eigenvalue weighted by Crippen LogP contribution is -2.24. The van der Waals surface area contributed by atoms with Gasteiger partial charge in [-0.25, -0.2) is 4.79 Å². The summed E-state index contributed by atoms with van der Waals surface area (Å²) in [6.45, 7) is 0.793. The molecule has 9 heteroatoms. The van der Waals surface area contributed by atoms with E-state index in [0.717, 1.165) is 5.56 Å². The minimum absolute atomic E-state index is 0.0200. The molecule has 136 valence electrons. The lowest BCUT2D eigenvalue weighted by Gasteiger charge is -2.10. The van der Waals surface area contributed by atoms with Crippen molar-refractivity contribution in [3.8, 4) is 5.75 Å². The van der Waals surface area contributed by atoms with Crippen molar-refractivity contribution >= 4 is 34.9 Å². The first-order valence-corrected chi connectivity index (χ1v) is 7.82. The summed E-state index contributed by atoms with van der Waals surface area (Å²) >= 11 is 5.83. The first-order chi connectivity index (χ1) is 12.4. The summed E-state index contributed by atoms with van der Waals surface area (Å²) in [7, 11) is 0. The number of nitro groups is 1. The Balaban J connectivity index is 1.82. The number of nitrogens with zero attached hydrogens (tertiary/aromatic N) is 1. The standard InChI is InChI=1S/C17H15ClN2O6/c1-11-8-12(18)6-7-15(11)25-10-17(22)26-9-16(21)19-13-4-2-3-5-14(13)20(23)24/h2-8H,9-10H2,1H3,(H,19,21). The molecular formula is C17H15ClN2O6. The number of carbonyl (C=O) groups excluding carboxylic acids is 2. The predicted molar refractivity (Wildman–Crippen MR) is 94.4 cm³/mol. The molecule has 0 aliphatic heterocycles. The van der Waals surface area contributed by atoms with Crippen LogP contribution in [0.5, 0.6) is 5.75 Å². The van der Waals surface area contributed by atoms with Crippen LogP contribution in [-0.4, -0.2) is 30.0 Å². The molecule has 0 radical (unpaired) electrons. The normalized spacial score (nSPS) is 10.1. The number of hydrogen-bond acceptors (Lipinski definition) is 6. The fourth-order valence-electron chi connectivity index (χ4n) is 2.02. The predicted octanol–water partition coefficient (Wildman–Crippen LogP) is 3.12. The maximum Gasteiger partial charge on any atom is 0.344 e. The van der Waals surface area contributed by atoms with Crippen LogP contribution in [0, 0.1) is 17.0 Å². The number of rotatable bonds is 7. The Labute approximate surface area is 153 Å². The number of amides is 1. The van der Waals surface area contributed by atoms with Gasteiger partial charge in [-0.3, -0.25) is 14.9 Å². The summed E-state index contributed by atoms with van der Waals surface area (Å²) in [6.07, 6.45) is 0. The van der Waals surface area contributed by atoms with Gasteiger partial charge in [-0.1, -0.05) is 23.7 Å². The minimum atomic E-state index is -0.753. The number of halogens is 1. The highest BCUT2D eigenvalue weighted by atomic mass is 35.5. The molecule has 8 nitrogen and oxygen atoms in total. The zero-order valence-electron chi connectivity index (χ0n) is 13.7. The van der Waals surface area contributed by atoms with Gasteiger partial charge in [0.2, 0.25) is 0 Å². The third-order valence-electron chi connectivity index (χ3n) is 3.22. The Hall–Kier alpha value is -3.13. The van der Waals surface area contributed by atoms with Gasteiger partial charge in [0, 0.05) is 11.1 Å². The Kier molecular flexibility index (Phi) is 6.51. The highest BCUT2D eigenvalue weighted by Crippen LogP contribution is 2.23. The van der Waals surface area contributed by atoms with Crippen LogP contribution in [0.4, 0.5) is 11.4 Å². The topological polar surface area (TPSA) is 108 Å². The number of nitro benzene ring substituents is 1. The molecule has 2 aromatic carbocycles. The van der Waals surface area contributed by atoms with E-state index >= 15 is 0 Å². The van der Waals surface area contributed by atoms with Gasteiger partial charge in [0.25, 0.3) is 11.6 Å². The van der Waals surface area contributed by atoms with Crippen molar-refractivity contribution in [3.05, 3.63) is 63.2 Å². The number of esters is 1. The van der Waals surface area contributed by atoms with Crippen molar-refractivity contribution in [1.82, 2.24) is 0 Å². The molecule has 0 aromatic heterocycles. The monoisotopic (exact) mass is 378 g/mol. The molecule has 0 aliphatic carbocycles. The number of carbonyl (C=O) groups is 2. The summed E-state index contributed by atoms with van der Waals surface area (Å²) in [5.74, 6) is -0.983. The highest BCUT2D eigenvalue weighted by Gasteiger charge is 2.16. The maximum absolute atomic E-state index is 11.8. The number of ether oxygens (including phenoxy) is 2. The zero-order chi connectivity index (χ0) is 19.1. The summed E-state index contributed by atoms with van der Waals surface area (Å²) in [5, 5.41) is 13.8. The third-order valence-corrected chi connectivity index (χ3v) is 3.46. The molecule has 0 heterocycles. The Morgan fingerprint density at radius 1 is 1.19 bits per heavy atom. The second kappa shape index (κ2) is 8.82. The lowest BCUT2D eigenvalue weighted by molar-refractivity contribution is -0.383. The van der Waals surface area contributed by atoms with Crippen molar-refractivity contribution in [1.29, 1.82) is 0 Å². The minimum Gasteiger partial charge on any atom is -0.482 e. The fourth-order valence-corrected chi connectivity index (χ4v) is 2.25. The molecule has 0 aliphatic rings. The summed E-state index contributed by atoms with van der Waals surface area (Å²) < 4.78 is 10.1. The lowest BCUT2D eigenvalue weighted by atomic mass is 10.2. The third kappa shape index (κ3) is 5.45. The zero-order valence-corrected chi connectivity index (χ0v) is 14.5. The molecule has 2 rings (SSSR count). The van der Waals surface area contributed by atoms with E-state index in [-0.39, 0.29) is 18.0 Å². The van der Waals surface area contributed by atoms with Crippen molar-refractivity contribution in [3.63, 3.8) is 0 Å². The van der Waals surface area contributed by atoms with Crippen LogP contribution in [0.25, 0.3) is 0 Å². The van der Waals surface area contributed by atoms with Crippen molar-refractivity contribution in [2.75, 3.05) is 18.5 Å². The second-order valence-corrected chi connectivity index (χ2v) is 5.62. The summed E-state index contributed by atoms with van der Waals surface area (Å²) in [4.78, 5) is 33.7. The molecule has 0 saturated carbocycles. The summed E-state index contributed by atoms with van der Waals surface area (Å²) in [6, 6.07) is 10.6. The molecule has 0 fully saturated rings. The van der Waals surface area contributed by atoms with Crippen LogP contribution in [0.15, 0.2) is 42.5 Å². The van der Waals surface area contributed by atoms with Gasteiger partial charge in [-0.05, 0) is 36.8 Å². The number of anilines is 1. The van der Waals surface area contributed by atoms with Gasteiger partial charge in [-0.15, -0.1) is 0 Å². The SMILES string of the molecule is Cc1cc(Cl)ccc1OCC(=O)OCC(=O)Nc1ccccc1[N+](=O)[O-]. The Morgan fingerprint density at radius 3 is 2.62 bits per heavy atom. The van der Waals surface area contributed by atoms with Gasteiger partial charge < -0.3 is 14.8 Å². The number of benzene rings is 2. The van der Waals surface area contributed by atoms with Crippen LogP contribution < -0.4 is 10.1 Å². The number of nitrogens with one attached hydrogen (secondary N) is 1. The van der Waals surface area contributed by atoms with E-state index < -0.39 is 23.4 Å². The molecule has 0 saturated heterocycles. The molecule has 0 unspecified atom stereocenters. The van der Waals surface area contributed by atoms with Crippen LogP contribution in [0.2, 0.25) is 5.02 Å². The van der Waals surface area contributed by atoms with Crippen molar-refractivity contribution < 1.29 is 24.0 Å². The van der Waals surface area contributed by atoms with E-state index in [4.69, 9.17) is 21.1 Å². The quantitative estimate of drug-likeness (QED) is 0.450. The molecule has 0 atom stereocenters. The molecule has 26 heavy (non-hydrogen) atoms. The van der Waals surface area contributed by atoms with E-state index in [9.17, 15) is 19.7 Å². The number of aryl methyl sites for hydroxylation is 1. The molecule has 0 spiro atoms. The van der Waals surface area contributed by atoms with E-state index in [1.54, 1.807) is 25.1 Å². The summed E-state index contributed by atoms with van der Waals surface area (Å²) in [5.41, 5.74) is 0.514. The van der Waals surface area contributed by atoms with E-state index in [2.05, 4.69) is 5.32 Å². The van der Waals surface area contributed by atoms with Crippen LogP contribution in [0.1, 0.15) is 5.56 Å². The van der Waals surface area contributed by atoms with Gasteiger partial charge in [0.05, 0.1) is 4.92 Å².